The van der Waals surface area contributed by atoms with Crippen LogP contribution in [0.4, 0.5) is 4.39 Å². The van der Waals surface area contributed by atoms with Crippen molar-refractivity contribution < 1.29 is 8.81 Å². The Hall–Kier alpha value is -1.42. The molecule has 3 nitrogen and oxygen atoms in total. The number of alkyl halides is 1. The molecule has 0 unspecified atom stereocenters. The second-order valence-corrected chi connectivity index (χ2v) is 2.96. The third-order valence-corrected chi connectivity index (χ3v) is 1.98. The lowest BCUT2D eigenvalue weighted by atomic mass is 10.2. The summed E-state index contributed by atoms with van der Waals surface area (Å²) in [7, 11) is 0. The topological polar surface area (TPSA) is 43.1 Å². The van der Waals surface area contributed by atoms with Gasteiger partial charge in [-0.1, -0.05) is 0 Å². The van der Waals surface area contributed by atoms with Crippen LogP contribution in [0.15, 0.2) is 27.4 Å². The van der Waals surface area contributed by atoms with Crippen LogP contribution in [0.1, 0.15) is 5.89 Å². The fourth-order valence-electron chi connectivity index (χ4n) is 1.15. The molecule has 2 aromatic rings. The maximum atomic E-state index is 12.8. The zero-order chi connectivity index (χ0) is 10.1. The van der Waals surface area contributed by atoms with E-state index in [0.717, 1.165) is 6.07 Å². The summed E-state index contributed by atoms with van der Waals surface area (Å²) in [6.07, 6.45) is 0. The molecular weight excluding hydrogens is 209 g/mol. The Balaban J connectivity index is 2.83. The highest BCUT2D eigenvalue weighted by Crippen LogP contribution is 2.10. The van der Waals surface area contributed by atoms with Crippen LogP contribution >= 0.6 is 11.6 Å². The molecule has 0 saturated carbocycles. The summed E-state index contributed by atoms with van der Waals surface area (Å²) in [6, 6.07) is 3.73. The Morgan fingerprint density at radius 3 is 3.00 bits per heavy atom. The molecular formula is C9H5ClFNO2. The first-order valence-corrected chi connectivity index (χ1v) is 4.39. The number of hydrogen-bond donors (Lipinski definition) is 0. The van der Waals surface area contributed by atoms with Gasteiger partial charge in [0.25, 0.3) is 0 Å². The fourth-order valence-corrected chi connectivity index (χ4v) is 1.26. The van der Waals surface area contributed by atoms with Crippen LogP contribution in [0.3, 0.4) is 0 Å². The van der Waals surface area contributed by atoms with Gasteiger partial charge < -0.3 is 4.42 Å². The standard InChI is InChI=1S/C9H5ClFNO2/c10-4-8-12-7-2-1-5(11)3-6(7)9(13)14-8/h1-3H,4H2. The molecule has 0 radical (unpaired) electrons. The van der Waals surface area contributed by atoms with Gasteiger partial charge in [0.2, 0.25) is 5.89 Å². The maximum Gasteiger partial charge on any atom is 0.346 e. The minimum Gasteiger partial charge on any atom is -0.407 e. The lowest BCUT2D eigenvalue weighted by Crippen LogP contribution is -2.04. The highest BCUT2D eigenvalue weighted by molar-refractivity contribution is 6.16. The van der Waals surface area contributed by atoms with Gasteiger partial charge >= 0.3 is 5.63 Å². The molecule has 0 aliphatic heterocycles. The van der Waals surface area contributed by atoms with Crippen LogP contribution in [-0.2, 0) is 5.88 Å². The molecule has 14 heavy (non-hydrogen) atoms. The summed E-state index contributed by atoms with van der Waals surface area (Å²) < 4.78 is 17.5. The summed E-state index contributed by atoms with van der Waals surface area (Å²) >= 11 is 5.46. The quantitative estimate of drug-likeness (QED) is 0.681. The predicted molar refractivity (Wildman–Crippen MR) is 49.8 cm³/mol. The number of fused-ring (bicyclic) bond motifs is 1. The highest BCUT2D eigenvalue weighted by Gasteiger charge is 2.05. The smallest absolute Gasteiger partial charge is 0.346 e. The molecule has 0 bridgehead atoms. The van der Waals surface area contributed by atoms with Gasteiger partial charge in [0, 0.05) is 0 Å². The molecule has 0 aliphatic carbocycles. The molecule has 0 atom stereocenters. The van der Waals surface area contributed by atoms with E-state index < -0.39 is 11.4 Å². The summed E-state index contributed by atoms with van der Waals surface area (Å²) in [6.45, 7) is 0. The summed E-state index contributed by atoms with van der Waals surface area (Å²) in [4.78, 5) is 15.2. The summed E-state index contributed by atoms with van der Waals surface area (Å²) in [5.74, 6) is -0.344. The van der Waals surface area contributed by atoms with Crippen LogP contribution in [0, 0.1) is 5.82 Å². The van der Waals surface area contributed by atoms with Gasteiger partial charge in [0.15, 0.2) is 0 Å². The van der Waals surface area contributed by atoms with Crippen molar-refractivity contribution in [2.24, 2.45) is 0 Å². The first kappa shape index (κ1) is 9.15. The number of rotatable bonds is 1. The molecule has 1 heterocycles. The van der Waals surface area contributed by atoms with Crippen molar-refractivity contribution >= 4 is 22.5 Å². The van der Waals surface area contributed by atoms with Gasteiger partial charge in [-0.3, -0.25) is 0 Å². The van der Waals surface area contributed by atoms with E-state index in [9.17, 15) is 9.18 Å². The lowest BCUT2D eigenvalue weighted by molar-refractivity contribution is 0.461. The van der Waals surface area contributed by atoms with Crippen molar-refractivity contribution in [1.82, 2.24) is 4.98 Å². The van der Waals surface area contributed by atoms with Gasteiger partial charge in [-0.15, -0.1) is 11.6 Å². The molecule has 0 amide bonds. The SMILES string of the molecule is O=c1oc(CCl)nc2ccc(F)cc12. The molecule has 5 heteroatoms. The normalized spacial score (nSPS) is 10.7. The minimum atomic E-state index is -0.620. The van der Waals surface area contributed by atoms with Crippen molar-refractivity contribution in [2.75, 3.05) is 0 Å². The Morgan fingerprint density at radius 1 is 1.50 bits per heavy atom. The van der Waals surface area contributed by atoms with E-state index >= 15 is 0 Å². The van der Waals surface area contributed by atoms with Crippen molar-refractivity contribution in [3.63, 3.8) is 0 Å². The van der Waals surface area contributed by atoms with E-state index in [2.05, 4.69) is 4.98 Å². The summed E-state index contributed by atoms with van der Waals surface area (Å²) in [5, 5.41) is 0.124. The Bertz CT molecular complexity index is 538. The monoisotopic (exact) mass is 213 g/mol. The van der Waals surface area contributed by atoms with Crippen LogP contribution in [0.25, 0.3) is 10.9 Å². The molecule has 0 spiro atoms. The fraction of sp³-hybridized carbons (Fsp3) is 0.111. The maximum absolute atomic E-state index is 12.8. The van der Waals surface area contributed by atoms with Crippen molar-refractivity contribution in [1.29, 1.82) is 0 Å². The lowest BCUT2D eigenvalue weighted by Gasteiger charge is -1.97. The van der Waals surface area contributed by atoms with Crippen molar-refractivity contribution in [2.45, 2.75) is 5.88 Å². The van der Waals surface area contributed by atoms with E-state index in [0.29, 0.717) is 5.52 Å². The number of nitrogens with zero attached hydrogens (tertiary/aromatic N) is 1. The minimum absolute atomic E-state index is 0.0164. The zero-order valence-corrected chi connectivity index (χ0v) is 7.71. The first-order valence-electron chi connectivity index (χ1n) is 3.86. The van der Waals surface area contributed by atoms with E-state index in [1.807, 2.05) is 0 Å². The molecule has 0 fully saturated rings. The van der Waals surface area contributed by atoms with Crippen molar-refractivity contribution in [3.8, 4) is 0 Å². The Morgan fingerprint density at radius 2 is 2.29 bits per heavy atom. The average Bonchev–Trinajstić information content (AvgIpc) is 2.19. The van der Waals surface area contributed by atoms with Crippen LogP contribution in [0.2, 0.25) is 0 Å². The molecule has 0 N–H and O–H groups in total. The molecule has 1 aromatic carbocycles. The third-order valence-electron chi connectivity index (χ3n) is 1.75. The van der Waals surface area contributed by atoms with Crippen LogP contribution in [0.5, 0.6) is 0 Å². The average molecular weight is 214 g/mol. The number of benzene rings is 1. The molecule has 72 valence electrons. The van der Waals surface area contributed by atoms with Gasteiger partial charge in [-0.05, 0) is 18.2 Å². The van der Waals surface area contributed by atoms with Gasteiger partial charge in [0.1, 0.15) is 5.82 Å². The summed E-state index contributed by atoms with van der Waals surface area (Å²) in [5.41, 5.74) is -0.233. The third kappa shape index (κ3) is 1.48. The first-order chi connectivity index (χ1) is 6.70. The van der Waals surface area contributed by atoms with E-state index in [1.165, 1.54) is 12.1 Å². The van der Waals surface area contributed by atoms with E-state index in [1.54, 1.807) is 0 Å². The Kier molecular flexibility index (Phi) is 2.21. The largest absolute Gasteiger partial charge is 0.407 e. The van der Waals surface area contributed by atoms with Crippen LogP contribution < -0.4 is 5.63 Å². The predicted octanol–water partition coefficient (Wildman–Crippen LogP) is 2.07. The second kappa shape index (κ2) is 3.38. The zero-order valence-electron chi connectivity index (χ0n) is 6.96. The van der Waals surface area contributed by atoms with E-state index in [4.69, 9.17) is 16.0 Å². The number of aromatic nitrogens is 1. The van der Waals surface area contributed by atoms with Crippen LogP contribution in [-0.4, -0.2) is 4.98 Å². The van der Waals surface area contributed by atoms with Crippen molar-refractivity contribution in [3.05, 3.63) is 40.3 Å². The number of halogens is 2. The van der Waals surface area contributed by atoms with Gasteiger partial charge in [-0.2, -0.15) is 0 Å². The van der Waals surface area contributed by atoms with Gasteiger partial charge in [-0.25, -0.2) is 14.2 Å². The Labute approximate surface area is 83.1 Å². The highest BCUT2D eigenvalue weighted by atomic mass is 35.5. The van der Waals surface area contributed by atoms with Gasteiger partial charge in [0.05, 0.1) is 16.8 Å². The number of hydrogen-bond acceptors (Lipinski definition) is 3. The second-order valence-electron chi connectivity index (χ2n) is 2.69. The molecule has 0 saturated heterocycles. The molecule has 0 aliphatic rings. The molecule has 2 rings (SSSR count). The van der Waals surface area contributed by atoms with E-state index in [-0.39, 0.29) is 17.2 Å². The molecule has 1 aromatic heterocycles.